The number of fused-ring (bicyclic) bond motifs is 5. The lowest BCUT2D eigenvalue weighted by Crippen LogP contribution is -2.39. The number of likely N-dealkylation sites (tertiary alicyclic amines) is 1. The largest absolute Gasteiger partial charge is 0.497 e. The number of aliphatic carboxylic acids is 2. The van der Waals surface area contributed by atoms with Crippen LogP contribution in [0.3, 0.4) is 0 Å². The summed E-state index contributed by atoms with van der Waals surface area (Å²) in [5.41, 5.74) is 1.82. The van der Waals surface area contributed by atoms with E-state index in [2.05, 4.69) is 48.4 Å². The van der Waals surface area contributed by atoms with Crippen LogP contribution in [0.5, 0.6) is 5.75 Å². The SMILES string of the molecule is COc1cccc(C23CN(C)CC2C2C=CC3C2)c1.O=C(O)C=CC(=O)O. The highest BCUT2D eigenvalue weighted by Gasteiger charge is 2.60. The number of likely N-dealkylation sites (N-methyl/N-ethyl adjacent to an activating group) is 1. The summed E-state index contributed by atoms with van der Waals surface area (Å²) in [5.74, 6) is 0.784. The van der Waals surface area contributed by atoms with Crippen molar-refractivity contribution in [3.05, 3.63) is 54.1 Å². The number of ether oxygens (including phenoxy) is 1. The van der Waals surface area contributed by atoms with Gasteiger partial charge >= 0.3 is 11.9 Å². The minimum atomic E-state index is -1.26. The van der Waals surface area contributed by atoms with Crippen molar-refractivity contribution in [3.63, 3.8) is 0 Å². The quantitative estimate of drug-likeness (QED) is 0.624. The molecular weight excluding hydrogens is 346 g/mol. The lowest BCUT2D eigenvalue weighted by molar-refractivity contribution is -0.134. The van der Waals surface area contributed by atoms with Gasteiger partial charge in [0.05, 0.1) is 7.11 Å². The van der Waals surface area contributed by atoms with E-state index < -0.39 is 11.9 Å². The first-order chi connectivity index (χ1) is 12.9. The average Bonchev–Trinajstić information content (AvgIpc) is 3.32. The monoisotopic (exact) mass is 371 g/mol. The normalized spacial score (nSPS) is 30.8. The average molecular weight is 371 g/mol. The van der Waals surface area contributed by atoms with Gasteiger partial charge in [-0.05, 0) is 48.9 Å². The van der Waals surface area contributed by atoms with Gasteiger partial charge in [-0.15, -0.1) is 0 Å². The molecule has 2 bridgehead atoms. The van der Waals surface area contributed by atoms with E-state index in [9.17, 15) is 9.59 Å². The molecule has 27 heavy (non-hydrogen) atoms. The Hall–Kier alpha value is -2.60. The molecule has 0 amide bonds. The standard InChI is InChI=1S/C17H21NO.C4H4O4/c1-18-10-16-12-6-7-14(8-12)17(16,11-18)13-4-3-5-15(9-13)19-2;5-3(6)1-2-4(7)8/h3-7,9,12,14,16H,8,10-11H2,1-2H3;1-2H,(H,5,6)(H,7,8). The van der Waals surface area contributed by atoms with Crippen molar-refractivity contribution in [1.82, 2.24) is 4.90 Å². The molecule has 1 saturated heterocycles. The highest BCUT2D eigenvalue weighted by Crippen LogP contribution is 2.60. The summed E-state index contributed by atoms with van der Waals surface area (Å²) >= 11 is 0. The van der Waals surface area contributed by atoms with E-state index >= 15 is 0 Å². The van der Waals surface area contributed by atoms with Crippen molar-refractivity contribution in [2.75, 3.05) is 27.2 Å². The van der Waals surface area contributed by atoms with Gasteiger partial charge in [0.1, 0.15) is 5.75 Å². The van der Waals surface area contributed by atoms with Gasteiger partial charge in [-0.2, -0.15) is 0 Å². The topological polar surface area (TPSA) is 87.1 Å². The Morgan fingerprint density at radius 2 is 1.93 bits per heavy atom. The maximum atomic E-state index is 9.55. The molecule has 0 aromatic heterocycles. The third-order valence-corrected chi connectivity index (χ3v) is 5.97. The van der Waals surface area contributed by atoms with Gasteiger partial charge in [0, 0.05) is 30.7 Å². The Morgan fingerprint density at radius 3 is 2.56 bits per heavy atom. The number of carboxylic acids is 2. The second-order valence-electron chi connectivity index (χ2n) is 7.48. The number of allylic oxidation sites excluding steroid dienone is 2. The van der Waals surface area contributed by atoms with Crippen LogP contribution in [0.4, 0.5) is 0 Å². The summed E-state index contributed by atoms with van der Waals surface area (Å²) in [5, 5.41) is 15.6. The van der Waals surface area contributed by atoms with Gasteiger partial charge in [-0.3, -0.25) is 0 Å². The number of benzene rings is 1. The molecule has 6 heteroatoms. The fourth-order valence-electron chi connectivity index (χ4n) is 5.02. The van der Waals surface area contributed by atoms with Crippen LogP contribution in [-0.2, 0) is 15.0 Å². The van der Waals surface area contributed by atoms with E-state index in [0.717, 1.165) is 23.5 Å². The van der Waals surface area contributed by atoms with Crippen molar-refractivity contribution in [3.8, 4) is 5.75 Å². The molecule has 1 aromatic rings. The molecule has 4 unspecified atom stereocenters. The summed E-state index contributed by atoms with van der Waals surface area (Å²) in [4.78, 5) is 21.6. The van der Waals surface area contributed by atoms with Crippen molar-refractivity contribution in [1.29, 1.82) is 0 Å². The third-order valence-electron chi connectivity index (χ3n) is 5.97. The lowest BCUT2D eigenvalue weighted by atomic mass is 9.66. The van der Waals surface area contributed by atoms with Crippen LogP contribution in [0.1, 0.15) is 12.0 Å². The maximum absolute atomic E-state index is 9.55. The molecule has 3 aliphatic rings. The van der Waals surface area contributed by atoms with Crippen LogP contribution in [0, 0.1) is 17.8 Å². The minimum absolute atomic E-state index is 0.336. The number of nitrogens with zero attached hydrogens (tertiary/aromatic N) is 1. The number of hydrogen-bond donors (Lipinski definition) is 2. The fourth-order valence-corrected chi connectivity index (χ4v) is 5.02. The van der Waals surface area contributed by atoms with Crippen molar-refractivity contribution >= 4 is 11.9 Å². The van der Waals surface area contributed by atoms with E-state index in [1.54, 1.807) is 7.11 Å². The first-order valence-electron chi connectivity index (χ1n) is 9.02. The van der Waals surface area contributed by atoms with E-state index in [-0.39, 0.29) is 0 Å². The second kappa shape index (κ2) is 7.56. The number of hydrogen-bond acceptors (Lipinski definition) is 4. The second-order valence-corrected chi connectivity index (χ2v) is 7.48. The predicted octanol–water partition coefficient (Wildman–Crippen LogP) is 2.41. The first-order valence-corrected chi connectivity index (χ1v) is 9.02. The Morgan fingerprint density at radius 1 is 1.22 bits per heavy atom. The van der Waals surface area contributed by atoms with Crippen LogP contribution in [-0.4, -0.2) is 54.3 Å². The Bertz CT molecular complexity index is 771. The van der Waals surface area contributed by atoms with E-state index in [4.69, 9.17) is 14.9 Å². The predicted molar refractivity (Wildman–Crippen MR) is 101 cm³/mol. The van der Waals surface area contributed by atoms with Crippen molar-refractivity contribution in [2.45, 2.75) is 11.8 Å². The van der Waals surface area contributed by atoms with Crippen LogP contribution >= 0.6 is 0 Å². The van der Waals surface area contributed by atoms with Crippen LogP contribution in [0.15, 0.2) is 48.6 Å². The summed E-state index contributed by atoms with van der Waals surface area (Å²) in [7, 11) is 4.02. The van der Waals surface area contributed by atoms with Crippen LogP contribution in [0.25, 0.3) is 0 Å². The molecule has 0 spiro atoms. The zero-order valence-electron chi connectivity index (χ0n) is 15.5. The molecule has 6 nitrogen and oxygen atoms in total. The molecule has 1 aromatic carbocycles. The van der Waals surface area contributed by atoms with Gasteiger partial charge in [0.2, 0.25) is 0 Å². The van der Waals surface area contributed by atoms with Gasteiger partial charge in [-0.25, -0.2) is 9.59 Å². The highest BCUT2D eigenvalue weighted by atomic mass is 16.5. The van der Waals surface area contributed by atoms with Gasteiger partial charge in [0.25, 0.3) is 0 Å². The number of methoxy groups -OCH3 is 1. The van der Waals surface area contributed by atoms with Gasteiger partial charge in [0.15, 0.2) is 0 Å². The Balaban J connectivity index is 0.000000226. The zero-order valence-corrected chi connectivity index (χ0v) is 15.5. The fraction of sp³-hybridized carbons (Fsp3) is 0.429. The van der Waals surface area contributed by atoms with Crippen LogP contribution in [0.2, 0.25) is 0 Å². The summed E-state index contributed by atoms with van der Waals surface area (Å²) in [6.07, 6.45) is 7.41. The van der Waals surface area contributed by atoms with E-state index in [1.807, 2.05) is 0 Å². The molecule has 2 fully saturated rings. The van der Waals surface area contributed by atoms with Crippen LogP contribution < -0.4 is 4.74 Å². The Labute approximate surface area is 158 Å². The molecular formula is C21H25NO5. The maximum Gasteiger partial charge on any atom is 0.328 e. The number of carbonyl (C=O) groups is 2. The lowest BCUT2D eigenvalue weighted by Gasteiger charge is -2.37. The smallest absolute Gasteiger partial charge is 0.328 e. The molecule has 4 atom stereocenters. The Kier molecular flexibility index (Phi) is 5.37. The summed E-state index contributed by atoms with van der Waals surface area (Å²) in [6, 6.07) is 8.77. The molecule has 2 aliphatic carbocycles. The van der Waals surface area contributed by atoms with Gasteiger partial charge < -0.3 is 19.8 Å². The summed E-state index contributed by atoms with van der Waals surface area (Å²) < 4.78 is 5.43. The molecule has 1 heterocycles. The molecule has 1 aliphatic heterocycles. The van der Waals surface area contributed by atoms with Crippen molar-refractivity contribution < 1.29 is 24.5 Å². The van der Waals surface area contributed by atoms with E-state index in [0.29, 0.717) is 17.6 Å². The number of carboxylic acid groups (broad SMARTS) is 2. The first kappa shape index (κ1) is 19.2. The zero-order chi connectivity index (χ0) is 19.6. The highest BCUT2D eigenvalue weighted by molar-refractivity contribution is 5.89. The molecule has 2 N–H and O–H groups in total. The third kappa shape index (κ3) is 3.62. The molecule has 4 rings (SSSR count). The number of rotatable bonds is 4. The molecule has 144 valence electrons. The van der Waals surface area contributed by atoms with E-state index in [1.165, 1.54) is 25.1 Å². The van der Waals surface area contributed by atoms with Gasteiger partial charge in [-0.1, -0.05) is 24.3 Å². The molecule has 0 radical (unpaired) electrons. The summed E-state index contributed by atoms with van der Waals surface area (Å²) in [6.45, 7) is 2.43. The van der Waals surface area contributed by atoms with Crippen molar-refractivity contribution in [2.24, 2.45) is 17.8 Å². The minimum Gasteiger partial charge on any atom is -0.497 e. The molecule has 1 saturated carbocycles.